The molecule has 0 saturated carbocycles. The minimum absolute atomic E-state index is 0.210. The Morgan fingerprint density at radius 3 is 2.60 bits per heavy atom. The third-order valence-corrected chi connectivity index (χ3v) is 4.84. The first-order valence-corrected chi connectivity index (χ1v) is 8.59. The molecule has 0 radical (unpaired) electrons. The van der Waals surface area contributed by atoms with Crippen LogP contribution in [0, 0.1) is 5.82 Å². The molecule has 1 aliphatic heterocycles. The number of hydrogen-bond donors (Lipinski definition) is 1. The fourth-order valence-corrected chi connectivity index (χ4v) is 3.59. The molecule has 4 rings (SSSR count). The summed E-state index contributed by atoms with van der Waals surface area (Å²) in [4.78, 5) is 5.99. The smallest absolute Gasteiger partial charge is 0.123 e. The van der Waals surface area contributed by atoms with Crippen molar-refractivity contribution < 1.29 is 4.39 Å². The molecule has 3 aromatic rings. The number of nitrogens with zero attached hydrogens (tertiary/aromatic N) is 1. The predicted molar refractivity (Wildman–Crippen MR) is 99.7 cm³/mol. The highest BCUT2D eigenvalue weighted by Gasteiger charge is 2.25. The SMILES string of the molecule is C=C[C@H]1CN(Cc2ccccc2)Cc2cc(-c3ccc(F)cc3)[nH]c21. The minimum atomic E-state index is -0.210. The molecule has 0 aliphatic carbocycles. The molecule has 0 fully saturated rings. The van der Waals surface area contributed by atoms with Gasteiger partial charge in [-0.25, -0.2) is 4.39 Å². The van der Waals surface area contributed by atoms with Gasteiger partial charge in [0.05, 0.1) is 0 Å². The molecule has 2 aromatic carbocycles. The lowest BCUT2D eigenvalue weighted by molar-refractivity contribution is 0.233. The van der Waals surface area contributed by atoms with Crippen LogP contribution >= 0.6 is 0 Å². The highest BCUT2D eigenvalue weighted by molar-refractivity contribution is 5.62. The van der Waals surface area contributed by atoms with Gasteiger partial charge < -0.3 is 4.98 Å². The van der Waals surface area contributed by atoms with E-state index in [1.165, 1.54) is 29.0 Å². The van der Waals surface area contributed by atoms with Gasteiger partial charge in [-0.2, -0.15) is 0 Å². The van der Waals surface area contributed by atoms with E-state index in [9.17, 15) is 4.39 Å². The summed E-state index contributed by atoms with van der Waals surface area (Å²) < 4.78 is 13.2. The Bertz CT molecular complexity index is 865. The average molecular weight is 332 g/mol. The fourth-order valence-electron chi connectivity index (χ4n) is 3.59. The summed E-state index contributed by atoms with van der Waals surface area (Å²) >= 11 is 0. The third kappa shape index (κ3) is 3.28. The van der Waals surface area contributed by atoms with Crippen LogP contribution in [0.3, 0.4) is 0 Å². The maximum absolute atomic E-state index is 13.2. The van der Waals surface area contributed by atoms with Crippen molar-refractivity contribution in [2.24, 2.45) is 0 Å². The molecule has 2 heterocycles. The normalized spacial score (nSPS) is 17.2. The van der Waals surface area contributed by atoms with Crippen molar-refractivity contribution in [1.29, 1.82) is 0 Å². The lowest BCUT2D eigenvalue weighted by Gasteiger charge is -2.31. The van der Waals surface area contributed by atoms with Gasteiger partial charge in [0.2, 0.25) is 0 Å². The summed E-state index contributed by atoms with van der Waals surface area (Å²) in [7, 11) is 0. The number of aromatic amines is 1. The Hall–Kier alpha value is -2.65. The monoisotopic (exact) mass is 332 g/mol. The van der Waals surface area contributed by atoms with Gasteiger partial charge in [0.15, 0.2) is 0 Å². The lowest BCUT2D eigenvalue weighted by atomic mass is 9.96. The van der Waals surface area contributed by atoms with E-state index in [-0.39, 0.29) is 11.7 Å². The molecule has 0 spiro atoms. The van der Waals surface area contributed by atoms with Crippen LogP contribution in [0.5, 0.6) is 0 Å². The third-order valence-electron chi connectivity index (χ3n) is 4.84. The highest BCUT2D eigenvalue weighted by Crippen LogP contribution is 2.33. The van der Waals surface area contributed by atoms with E-state index in [4.69, 9.17) is 0 Å². The van der Waals surface area contributed by atoms with Crippen molar-refractivity contribution in [2.45, 2.75) is 19.0 Å². The average Bonchev–Trinajstić information content (AvgIpc) is 3.06. The predicted octanol–water partition coefficient (Wildman–Crippen LogP) is 5.11. The van der Waals surface area contributed by atoms with E-state index in [1.807, 2.05) is 24.3 Å². The molecule has 2 nitrogen and oxygen atoms in total. The van der Waals surface area contributed by atoms with Crippen molar-refractivity contribution in [2.75, 3.05) is 6.54 Å². The van der Waals surface area contributed by atoms with E-state index in [0.29, 0.717) is 0 Å². The van der Waals surface area contributed by atoms with Gasteiger partial charge in [-0.05, 0) is 47.0 Å². The Balaban J connectivity index is 1.61. The second-order valence-electron chi connectivity index (χ2n) is 6.63. The molecule has 1 aromatic heterocycles. The zero-order valence-corrected chi connectivity index (χ0v) is 14.1. The molecule has 0 saturated heterocycles. The standard InChI is InChI=1S/C22H21FN2/c1-2-17-14-25(13-16-6-4-3-5-7-16)15-19-12-21(24-22(17)19)18-8-10-20(23)11-9-18/h2-12,17,24H,1,13-15H2/t17-/m0/s1. The Morgan fingerprint density at radius 2 is 1.88 bits per heavy atom. The second kappa shape index (κ2) is 6.69. The Labute approximate surface area is 147 Å². The largest absolute Gasteiger partial charge is 0.358 e. The van der Waals surface area contributed by atoms with Crippen LogP contribution in [0.1, 0.15) is 22.7 Å². The molecular weight excluding hydrogens is 311 g/mol. The van der Waals surface area contributed by atoms with E-state index in [0.717, 1.165) is 30.9 Å². The Morgan fingerprint density at radius 1 is 1.12 bits per heavy atom. The van der Waals surface area contributed by atoms with E-state index < -0.39 is 0 Å². The summed E-state index contributed by atoms with van der Waals surface area (Å²) in [5, 5.41) is 0. The van der Waals surface area contributed by atoms with Gasteiger partial charge >= 0.3 is 0 Å². The lowest BCUT2D eigenvalue weighted by Crippen LogP contribution is -2.32. The first-order valence-electron chi connectivity index (χ1n) is 8.59. The number of nitrogens with one attached hydrogen (secondary N) is 1. The van der Waals surface area contributed by atoms with Crippen LogP contribution in [-0.2, 0) is 13.1 Å². The topological polar surface area (TPSA) is 19.0 Å². The molecule has 1 N–H and O–H groups in total. The zero-order chi connectivity index (χ0) is 17.2. The molecular formula is C22H21FN2. The van der Waals surface area contributed by atoms with Crippen molar-refractivity contribution in [3.8, 4) is 11.3 Å². The number of fused-ring (bicyclic) bond motifs is 1. The van der Waals surface area contributed by atoms with Gasteiger partial charge in [0.1, 0.15) is 5.82 Å². The molecule has 1 aliphatic rings. The number of benzene rings is 2. The van der Waals surface area contributed by atoms with Crippen LogP contribution in [0.4, 0.5) is 4.39 Å². The maximum Gasteiger partial charge on any atom is 0.123 e. The maximum atomic E-state index is 13.2. The quantitative estimate of drug-likeness (QED) is 0.658. The summed E-state index contributed by atoms with van der Waals surface area (Å²) in [6.07, 6.45) is 2.01. The van der Waals surface area contributed by atoms with Gasteiger partial charge in [-0.15, -0.1) is 6.58 Å². The summed E-state index contributed by atoms with van der Waals surface area (Å²) in [5.74, 6) is 0.0692. The highest BCUT2D eigenvalue weighted by atomic mass is 19.1. The zero-order valence-electron chi connectivity index (χ0n) is 14.1. The van der Waals surface area contributed by atoms with Crippen molar-refractivity contribution in [3.05, 3.63) is 96.0 Å². The number of H-pyrrole nitrogens is 1. The van der Waals surface area contributed by atoms with Gasteiger partial charge in [0, 0.05) is 36.9 Å². The minimum Gasteiger partial charge on any atom is -0.358 e. The number of aromatic nitrogens is 1. The van der Waals surface area contributed by atoms with Crippen LogP contribution in [0.15, 0.2) is 73.3 Å². The van der Waals surface area contributed by atoms with E-state index in [1.54, 1.807) is 0 Å². The number of halogens is 1. The molecule has 126 valence electrons. The molecule has 25 heavy (non-hydrogen) atoms. The molecule has 1 atom stereocenters. The van der Waals surface area contributed by atoms with Crippen LogP contribution in [0.2, 0.25) is 0 Å². The van der Waals surface area contributed by atoms with Crippen LogP contribution < -0.4 is 0 Å². The van der Waals surface area contributed by atoms with Crippen LogP contribution in [0.25, 0.3) is 11.3 Å². The number of rotatable bonds is 4. The molecule has 0 bridgehead atoms. The molecule has 0 amide bonds. The van der Waals surface area contributed by atoms with Crippen molar-refractivity contribution in [1.82, 2.24) is 9.88 Å². The summed E-state index contributed by atoms with van der Waals surface area (Å²) in [6.45, 7) is 6.82. The Kier molecular flexibility index (Phi) is 4.24. The van der Waals surface area contributed by atoms with Crippen LogP contribution in [-0.4, -0.2) is 16.4 Å². The molecule has 3 heteroatoms. The van der Waals surface area contributed by atoms with Gasteiger partial charge in [-0.1, -0.05) is 36.4 Å². The van der Waals surface area contributed by atoms with Crippen molar-refractivity contribution in [3.63, 3.8) is 0 Å². The summed E-state index contributed by atoms with van der Waals surface area (Å²) in [6, 6.07) is 19.4. The summed E-state index contributed by atoms with van der Waals surface area (Å²) in [5.41, 5.74) is 5.90. The van der Waals surface area contributed by atoms with Gasteiger partial charge in [-0.3, -0.25) is 4.90 Å². The van der Waals surface area contributed by atoms with Gasteiger partial charge in [0.25, 0.3) is 0 Å². The first kappa shape index (κ1) is 15.9. The van der Waals surface area contributed by atoms with E-state index >= 15 is 0 Å². The molecule has 0 unspecified atom stereocenters. The second-order valence-corrected chi connectivity index (χ2v) is 6.63. The van der Waals surface area contributed by atoms with E-state index in [2.05, 4.69) is 46.8 Å². The first-order chi connectivity index (χ1) is 12.2. The van der Waals surface area contributed by atoms with Crippen molar-refractivity contribution >= 4 is 0 Å². The number of hydrogen-bond acceptors (Lipinski definition) is 1. The fraction of sp³-hybridized carbons (Fsp3) is 0.182.